The molecular formula is C9H11BO. The van der Waals surface area contributed by atoms with Crippen molar-refractivity contribution in [3.05, 3.63) is 29.3 Å². The van der Waals surface area contributed by atoms with Gasteiger partial charge in [0.1, 0.15) is 0 Å². The average molecular weight is 146 g/mol. The van der Waals surface area contributed by atoms with E-state index in [2.05, 4.69) is 20.5 Å². The molecular weight excluding hydrogens is 135 g/mol. The molecule has 0 fully saturated rings. The van der Waals surface area contributed by atoms with Crippen LogP contribution in [0, 0.1) is 13.8 Å². The number of ether oxygens (including phenoxy) is 1. The summed E-state index contributed by atoms with van der Waals surface area (Å²) in [4.78, 5) is 0. The van der Waals surface area contributed by atoms with Crippen LogP contribution in [-0.2, 0) is 0 Å². The van der Waals surface area contributed by atoms with E-state index in [0.29, 0.717) is 0 Å². The van der Waals surface area contributed by atoms with E-state index in [0.717, 1.165) is 11.3 Å². The third kappa shape index (κ3) is 1.94. The summed E-state index contributed by atoms with van der Waals surface area (Å²) in [6.07, 6.45) is 1.44. The Balaban J connectivity index is 2.98. The number of rotatable bonds is 2. The number of hydrogen-bond acceptors (Lipinski definition) is 1. The first-order valence-electron chi connectivity index (χ1n) is 3.59. The van der Waals surface area contributed by atoms with Gasteiger partial charge < -0.3 is 0 Å². The standard InChI is InChI=1S/C9H11BO/c1-7-3-4-9(11-6-10)8(2)5-7/h3-6,10H,1-2H3. The molecule has 11 heavy (non-hydrogen) atoms. The summed E-state index contributed by atoms with van der Waals surface area (Å²) in [6, 6.07) is 6.05. The molecule has 0 bridgehead atoms. The van der Waals surface area contributed by atoms with E-state index in [1.165, 1.54) is 11.7 Å². The maximum atomic E-state index is 5.16. The van der Waals surface area contributed by atoms with Gasteiger partial charge in [-0.15, -0.1) is 0 Å². The van der Waals surface area contributed by atoms with Crippen LogP contribution in [0.2, 0.25) is 0 Å². The molecule has 1 nitrogen and oxygen atoms in total. The minimum atomic E-state index is 0.880. The van der Waals surface area contributed by atoms with Gasteiger partial charge in [-0.2, -0.15) is 0 Å². The summed E-state index contributed by atoms with van der Waals surface area (Å²) < 4.78 is 5.16. The Hall–Kier alpha value is -1.05. The first-order valence-corrected chi connectivity index (χ1v) is 3.59. The van der Waals surface area contributed by atoms with Gasteiger partial charge in [-0.25, -0.2) is 0 Å². The van der Waals surface area contributed by atoms with Crippen molar-refractivity contribution in [2.75, 3.05) is 0 Å². The molecule has 0 saturated carbocycles. The van der Waals surface area contributed by atoms with E-state index in [1.54, 1.807) is 0 Å². The molecule has 1 aromatic carbocycles. The molecule has 0 amide bonds. The van der Waals surface area contributed by atoms with E-state index in [9.17, 15) is 0 Å². The third-order valence-corrected chi connectivity index (χ3v) is 1.54. The first kappa shape index (κ1) is 8.06. The Morgan fingerprint density at radius 2 is 2.09 bits per heavy atom. The molecule has 2 heteroatoms. The van der Waals surface area contributed by atoms with Crippen molar-refractivity contribution < 1.29 is 4.74 Å². The van der Waals surface area contributed by atoms with Gasteiger partial charge in [0.15, 0.2) is 0 Å². The number of hydrogen-bond donors (Lipinski definition) is 0. The van der Waals surface area contributed by atoms with Crippen LogP contribution in [-0.4, -0.2) is 13.6 Å². The Morgan fingerprint density at radius 3 is 2.64 bits per heavy atom. The predicted octanol–water partition coefficient (Wildman–Crippen LogP) is 1.34. The normalized spacial score (nSPS) is 9.18. The van der Waals surface area contributed by atoms with Crippen molar-refractivity contribution in [2.45, 2.75) is 13.8 Å². The van der Waals surface area contributed by atoms with E-state index in [-0.39, 0.29) is 0 Å². The Morgan fingerprint density at radius 1 is 1.36 bits per heavy atom. The second kappa shape index (κ2) is 3.38. The summed E-state index contributed by atoms with van der Waals surface area (Å²) >= 11 is 0. The summed E-state index contributed by atoms with van der Waals surface area (Å²) in [5, 5.41) is 0. The molecule has 0 spiro atoms. The van der Waals surface area contributed by atoms with Crippen LogP contribution in [0.1, 0.15) is 11.1 Å². The Kier molecular flexibility index (Phi) is 2.47. The zero-order chi connectivity index (χ0) is 8.27. The molecule has 0 heterocycles. The summed E-state index contributed by atoms with van der Waals surface area (Å²) in [5.41, 5.74) is 2.39. The number of aryl methyl sites for hydroxylation is 2. The maximum absolute atomic E-state index is 5.16. The van der Waals surface area contributed by atoms with Crippen LogP contribution in [0.4, 0.5) is 0 Å². The van der Waals surface area contributed by atoms with Gasteiger partial charge in [0, 0.05) is 0 Å². The monoisotopic (exact) mass is 146 g/mol. The number of benzene rings is 1. The van der Waals surface area contributed by atoms with E-state index < -0.39 is 0 Å². The summed E-state index contributed by atoms with van der Waals surface area (Å²) in [6.45, 7) is 4.08. The molecule has 0 aliphatic carbocycles. The van der Waals surface area contributed by atoms with Gasteiger partial charge in [0.05, 0.1) is 0 Å². The van der Waals surface area contributed by atoms with Crippen LogP contribution >= 0.6 is 0 Å². The van der Waals surface area contributed by atoms with Crippen molar-refractivity contribution in [1.29, 1.82) is 0 Å². The zero-order valence-corrected chi connectivity index (χ0v) is 6.92. The molecule has 0 unspecified atom stereocenters. The minimum absolute atomic E-state index is 0.880. The fourth-order valence-electron chi connectivity index (χ4n) is 1.02. The molecule has 0 radical (unpaired) electrons. The van der Waals surface area contributed by atoms with Gasteiger partial charge in [-0.3, -0.25) is 0 Å². The van der Waals surface area contributed by atoms with Crippen LogP contribution in [0.5, 0.6) is 5.75 Å². The first-order chi connectivity index (χ1) is 5.24. The molecule has 1 aromatic rings. The van der Waals surface area contributed by atoms with E-state index in [4.69, 9.17) is 4.74 Å². The zero-order valence-electron chi connectivity index (χ0n) is 6.92. The molecule has 56 valence electrons. The molecule has 0 N–H and O–H groups in total. The van der Waals surface area contributed by atoms with Gasteiger partial charge in [0.2, 0.25) is 0 Å². The van der Waals surface area contributed by atoms with Gasteiger partial charge in [-0.05, 0) is 0 Å². The SMILES string of the molecule is B=COc1ccc(C)cc1C. The fourth-order valence-corrected chi connectivity index (χ4v) is 1.02. The van der Waals surface area contributed by atoms with Crippen molar-refractivity contribution in [3.8, 4) is 5.75 Å². The van der Waals surface area contributed by atoms with E-state index >= 15 is 0 Å². The van der Waals surface area contributed by atoms with E-state index in [1.807, 2.05) is 19.1 Å². The molecule has 0 saturated heterocycles. The molecule has 0 aromatic heterocycles. The second-order valence-electron chi connectivity index (χ2n) is 2.55. The van der Waals surface area contributed by atoms with Crippen LogP contribution in [0.15, 0.2) is 18.2 Å². The van der Waals surface area contributed by atoms with Crippen molar-refractivity contribution in [1.82, 2.24) is 0 Å². The van der Waals surface area contributed by atoms with Gasteiger partial charge >= 0.3 is 67.3 Å². The molecule has 0 aliphatic heterocycles. The van der Waals surface area contributed by atoms with Crippen molar-refractivity contribution in [3.63, 3.8) is 0 Å². The summed E-state index contributed by atoms with van der Waals surface area (Å²) in [5.74, 6) is 0.880. The third-order valence-electron chi connectivity index (χ3n) is 1.54. The molecule has 0 aliphatic rings. The topological polar surface area (TPSA) is 9.23 Å². The average Bonchev–Trinajstić information content (AvgIpc) is 1.95. The van der Waals surface area contributed by atoms with Crippen LogP contribution in [0.25, 0.3) is 0 Å². The molecule has 0 atom stereocenters. The van der Waals surface area contributed by atoms with Crippen LogP contribution in [0.3, 0.4) is 0 Å². The van der Waals surface area contributed by atoms with Crippen molar-refractivity contribution in [2.24, 2.45) is 0 Å². The second-order valence-corrected chi connectivity index (χ2v) is 2.55. The fraction of sp³-hybridized carbons (Fsp3) is 0.222. The summed E-state index contributed by atoms with van der Waals surface area (Å²) in [7, 11) is 3.50. The quantitative estimate of drug-likeness (QED) is 0.572. The van der Waals surface area contributed by atoms with Gasteiger partial charge in [-0.1, -0.05) is 0 Å². The predicted molar refractivity (Wildman–Crippen MR) is 49.8 cm³/mol. The van der Waals surface area contributed by atoms with Crippen molar-refractivity contribution >= 4 is 13.6 Å². The van der Waals surface area contributed by atoms with Crippen LogP contribution < -0.4 is 4.74 Å². The molecule has 1 rings (SSSR count). The van der Waals surface area contributed by atoms with Gasteiger partial charge in [0.25, 0.3) is 0 Å². The Bertz CT molecular complexity index is 268. The Labute approximate surface area is 68.1 Å².